The second-order valence-electron chi connectivity index (χ2n) is 8.07. The Hall–Kier alpha value is -2.89. The molecule has 33 heavy (non-hydrogen) atoms. The van der Waals surface area contributed by atoms with Gasteiger partial charge in [0.05, 0.1) is 20.0 Å². The first-order chi connectivity index (χ1) is 15.7. The number of fused-ring (bicyclic) bond motifs is 1. The van der Waals surface area contributed by atoms with Gasteiger partial charge in [-0.1, -0.05) is 18.3 Å². The van der Waals surface area contributed by atoms with E-state index < -0.39 is 20.9 Å². The Bertz CT molecular complexity index is 1380. The number of hydrogen-bond donors (Lipinski definition) is 0. The highest BCUT2D eigenvalue weighted by molar-refractivity contribution is 7.89. The summed E-state index contributed by atoms with van der Waals surface area (Å²) in [7, 11) is -3.59. The predicted molar refractivity (Wildman–Crippen MR) is 126 cm³/mol. The Morgan fingerprint density at radius 2 is 1.85 bits per heavy atom. The summed E-state index contributed by atoms with van der Waals surface area (Å²) in [6.07, 6.45) is 1.68. The average molecular weight is 489 g/mol. The number of amides is 1. The first-order valence-electron chi connectivity index (χ1n) is 10.7. The van der Waals surface area contributed by atoms with Gasteiger partial charge in [0.15, 0.2) is 4.80 Å². The maximum Gasteiger partial charge on any atom is 0.279 e. The summed E-state index contributed by atoms with van der Waals surface area (Å²) in [6, 6.07) is 10.4. The van der Waals surface area contributed by atoms with Crippen LogP contribution in [0.1, 0.15) is 37.0 Å². The highest BCUT2D eigenvalue weighted by Gasteiger charge is 2.28. The first kappa shape index (κ1) is 23.3. The third-order valence-electron chi connectivity index (χ3n) is 5.87. The number of carbonyl (C=O) groups is 1. The number of piperidine rings is 1. The summed E-state index contributed by atoms with van der Waals surface area (Å²) in [4.78, 5) is 28.2. The molecule has 4 rings (SSSR count). The molecule has 1 saturated heterocycles. The number of thiazole rings is 1. The van der Waals surface area contributed by atoms with Gasteiger partial charge in [-0.15, -0.1) is 0 Å². The lowest BCUT2D eigenvalue weighted by atomic mass is 10.0. The highest BCUT2D eigenvalue weighted by Crippen LogP contribution is 2.25. The van der Waals surface area contributed by atoms with E-state index in [2.05, 4.69) is 11.9 Å². The number of nitro benzene ring substituents is 1. The zero-order valence-corrected chi connectivity index (χ0v) is 19.9. The van der Waals surface area contributed by atoms with Crippen molar-refractivity contribution < 1.29 is 18.1 Å². The molecule has 1 aliphatic heterocycles. The Morgan fingerprint density at radius 1 is 1.18 bits per heavy atom. The van der Waals surface area contributed by atoms with Crippen LogP contribution in [0.4, 0.5) is 5.69 Å². The van der Waals surface area contributed by atoms with Crippen molar-refractivity contribution in [1.82, 2.24) is 8.87 Å². The van der Waals surface area contributed by atoms with Crippen LogP contribution in [0, 0.1) is 16.0 Å². The molecule has 1 amide bonds. The molecular formula is C22H24N4O5S2. The lowest BCUT2D eigenvalue weighted by Crippen LogP contribution is -2.37. The lowest BCUT2D eigenvalue weighted by molar-refractivity contribution is -0.384. The summed E-state index contributed by atoms with van der Waals surface area (Å²) in [5, 5.41) is 11.1. The SMILES string of the molecule is CCn1c(=NC(=O)c2ccc(S(=O)(=O)N3CCC(C)CC3)cc2)sc2ccc([N+](=O)[O-])cc21. The van der Waals surface area contributed by atoms with Crippen molar-refractivity contribution in [2.45, 2.75) is 38.1 Å². The second kappa shape index (κ2) is 9.16. The molecular weight excluding hydrogens is 464 g/mol. The topological polar surface area (TPSA) is 115 Å². The van der Waals surface area contributed by atoms with Gasteiger partial charge in [-0.25, -0.2) is 8.42 Å². The van der Waals surface area contributed by atoms with Gasteiger partial charge in [-0.3, -0.25) is 14.9 Å². The van der Waals surface area contributed by atoms with Crippen LogP contribution in [0.3, 0.4) is 0 Å². The summed E-state index contributed by atoms with van der Waals surface area (Å²) < 4.78 is 29.8. The second-order valence-corrected chi connectivity index (χ2v) is 11.0. The zero-order valence-electron chi connectivity index (χ0n) is 18.3. The maximum atomic E-state index is 12.9. The third-order valence-corrected chi connectivity index (χ3v) is 8.84. The van der Waals surface area contributed by atoms with Crippen LogP contribution in [0.15, 0.2) is 52.4 Å². The van der Waals surface area contributed by atoms with Crippen LogP contribution in [-0.4, -0.2) is 41.2 Å². The van der Waals surface area contributed by atoms with Gasteiger partial charge in [-0.2, -0.15) is 9.30 Å². The van der Waals surface area contributed by atoms with Crippen molar-refractivity contribution in [2.24, 2.45) is 10.9 Å². The Balaban J connectivity index is 1.62. The molecule has 0 radical (unpaired) electrons. The molecule has 0 bridgehead atoms. The molecule has 0 aliphatic carbocycles. The molecule has 3 aromatic rings. The van der Waals surface area contributed by atoms with Crippen molar-refractivity contribution in [3.63, 3.8) is 0 Å². The largest absolute Gasteiger partial charge is 0.316 e. The third kappa shape index (κ3) is 4.61. The van der Waals surface area contributed by atoms with Gasteiger partial charge in [-0.05, 0) is 56.0 Å². The smallest absolute Gasteiger partial charge is 0.279 e. The van der Waals surface area contributed by atoms with Crippen LogP contribution >= 0.6 is 11.3 Å². The van der Waals surface area contributed by atoms with Crippen LogP contribution < -0.4 is 4.80 Å². The van der Waals surface area contributed by atoms with E-state index in [4.69, 9.17) is 0 Å². The number of benzene rings is 2. The minimum atomic E-state index is -3.59. The number of aromatic nitrogens is 1. The monoisotopic (exact) mass is 488 g/mol. The number of rotatable bonds is 5. The molecule has 1 aromatic heterocycles. The van der Waals surface area contributed by atoms with E-state index in [-0.39, 0.29) is 16.1 Å². The molecule has 11 heteroatoms. The summed E-state index contributed by atoms with van der Waals surface area (Å²) in [5.41, 5.74) is 0.883. The highest BCUT2D eigenvalue weighted by atomic mass is 32.2. The summed E-state index contributed by atoms with van der Waals surface area (Å²) in [6.45, 7) is 5.48. The standard InChI is InChI=1S/C22H24N4O5S2/c1-3-25-19-14-17(26(28)29)6-9-20(19)32-22(25)23-21(27)16-4-7-18(8-5-16)33(30,31)24-12-10-15(2)11-13-24/h4-9,14-15H,3,10-13H2,1-2H3. The minimum absolute atomic E-state index is 0.0275. The fourth-order valence-corrected chi connectivity index (χ4v) is 6.40. The van der Waals surface area contributed by atoms with Crippen LogP contribution in [-0.2, 0) is 16.6 Å². The van der Waals surface area contributed by atoms with Crippen molar-refractivity contribution in [1.29, 1.82) is 0 Å². The van der Waals surface area contributed by atoms with Gasteiger partial charge in [0.1, 0.15) is 0 Å². The Kier molecular flexibility index (Phi) is 6.46. The Morgan fingerprint density at radius 3 is 2.45 bits per heavy atom. The molecule has 9 nitrogen and oxygen atoms in total. The van der Waals surface area contributed by atoms with Crippen molar-refractivity contribution in [3.05, 3.63) is 62.9 Å². The van der Waals surface area contributed by atoms with Gasteiger partial charge >= 0.3 is 0 Å². The fourth-order valence-electron chi connectivity index (χ4n) is 3.86. The van der Waals surface area contributed by atoms with Crippen LogP contribution in [0.25, 0.3) is 10.2 Å². The number of carbonyl (C=O) groups excluding carboxylic acids is 1. The van der Waals surface area contributed by atoms with Crippen molar-refractivity contribution >= 4 is 43.2 Å². The van der Waals surface area contributed by atoms with E-state index in [0.29, 0.717) is 35.9 Å². The molecule has 2 aromatic carbocycles. The number of sulfonamides is 1. The fraction of sp³-hybridized carbons (Fsp3) is 0.364. The lowest BCUT2D eigenvalue weighted by Gasteiger charge is -2.29. The molecule has 0 spiro atoms. The quantitative estimate of drug-likeness (QED) is 0.400. The zero-order chi connectivity index (χ0) is 23.8. The minimum Gasteiger partial charge on any atom is -0.316 e. The molecule has 1 aliphatic rings. The van der Waals surface area contributed by atoms with E-state index in [1.54, 1.807) is 10.6 Å². The number of aryl methyl sites for hydroxylation is 1. The summed E-state index contributed by atoms with van der Waals surface area (Å²) >= 11 is 1.27. The summed E-state index contributed by atoms with van der Waals surface area (Å²) in [5.74, 6) is 0.0120. The van der Waals surface area contributed by atoms with Gasteiger partial charge in [0, 0.05) is 37.3 Å². The number of nitro groups is 1. The number of nitrogens with zero attached hydrogens (tertiary/aromatic N) is 4. The normalized spacial score (nSPS) is 16.4. The molecule has 0 atom stereocenters. The molecule has 0 saturated carbocycles. The molecule has 0 N–H and O–H groups in total. The van der Waals surface area contributed by atoms with E-state index in [0.717, 1.165) is 17.5 Å². The van der Waals surface area contributed by atoms with Gasteiger partial charge in [0.2, 0.25) is 10.0 Å². The molecule has 174 valence electrons. The number of hydrogen-bond acceptors (Lipinski definition) is 6. The molecule has 1 fully saturated rings. The first-order valence-corrected chi connectivity index (χ1v) is 12.9. The maximum absolute atomic E-state index is 12.9. The van der Waals surface area contributed by atoms with Crippen LogP contribution in [0.2, 0.25) is 0 Å². The van der Waals surface area contributed by atoms with Crippen LogP contribution in [0.5, 0.6) is 0 Å². The van der Waals surface area contributed by atoms with Gasteiger partial charge < -0.3 is 4.57 Å². The van der Waals surface area contributed by atoms with Crippen molar-refractivity contribution in [2.75, 3.05) is 13.1 Å². The average Bonchev–Trinajstić information content (AvgIpc) is 3.15. The van der Waals surface area contributed by atoms with Crippen molar-refractivity contribution in [3.8, 4) is 0 Å². The molecule has 0 unspecified atom stereocenters. The van der Waals surface area contributed by atoms with Gasteiger partial charge in [0.25, 0.3) is 11.6 Å². The number of non-ortho nitro benzene ring substituents is 1. The van der Waals surface area contributed by atoms with E-state index >= 15 is 0 Å². The predicted octanol–water partition coefficient (Wildman–Crippen LogP) is 3.79. The van der Waals surface area contributed by atoms with E-state index in [1.807, 2.05) is 6.92 Å². The Labute approximate surface area is 195 Å². The molecule has 2 heterocycles. The van der Waals surface area contributed by atoms with E-state index in [1.165, 1.54) is 52.0 Å². The van der Waals surface area contributed by atoms with E-state index in [9.17, 15) is 23.3 Å².